The minimum absolute atomic E-state index is 0.860. The van der Waals surface area contributed by atoms with Crippen LogP contribution in [0.25, 0.3) is 22.2 Å². The third-order valence-electron chi connectivity index (χ3n) is 3.70. The van der Waals surface area contributed by atoms with Crippen molar-refractivity contribution in [3.05, 3.63) is 72.3 Å². The van der Waals surface area contributed by atoms with Gasteiger partial charge in [-0.15, -0.1) is 0 Å². The van der Waals surface area contributed by atoms with Gasteiger partial charge in [-0.1, -0.05) is 60.7 Å². The molecule has 0 aliphatic heterocycles. The van der Waals surface area contributed by atoms with E-state index in [0.717, 1.165) is 6.54 Å². The number of nitrogens with zero attached hydrogens (tertiary/aromatic N) is 1. The van der Waals surface area contributed by atoms with Crippen LogP contribution in [-0.2, 0) is 6.54 Å². The van der Waals surface area contributed by atoms with Gasteiger partial charge in [-0.25, -0.2) is 0 Å². The summed E-state index contributed by atoms with van der Waals surface area (Å²) in [6.45, 7) is 9.23. The smallest absolute Gasteiger partial charge is 0.0524 e. The van der Waals surface area contributed by atoms with E-state index in [-0.39, 0.29) is 0 Å². The highest BCUT2D eigenvalue weighted by atomic mass is 15.0. The van der Waals surface area contributed by atoms with Gasteiger partial charge in [0.05, 0.1) is 5.69 Å². The molecule has 0 saturated carbocycles. The molecule has 0 amide bonds. The predicted molar refractivity (Wildman–Crippen MR) is 86.9 cm³/mol. The second-order valence-electron chi connectivity index (χ2n) is 5.40. The lowest BCUT2D eigenvalue weighted by Gasteiger charge is -2.11. The van der Waals surface area contributed by atoms with Gasteiger partial charge in [0.15, 0.2) is 0 Å². The number of hydrogen-bond acceptors (Lipinski definition) is 0. The maximum Gasteiger partial charge on any atom is 0.0524 e. The van der Waals surface area contributed by atoms with E-state index in [1.54, 1.807) is 0 Å². The maximum atomic E-state index is 4.08. The van der Waals surface area contributed by atoms with Crippen molar-refractivity contribution in [1.82, 2.24) is 4.57 Å². The highest BCUT2D eigenvalue weighted by Gasteiger charge is 2.14. The Morgan fingerprint density at radius 1 is 1.00 bits per heavy atom. The third-order valence-corrected chi connectivity index (χ3v) is 3.70. The molecule has 1 heteroatoms. The molecule has 0 bridgehead atoms. The molecule has 0 spiro atoms. The van der Waals surface area contributed by atoms with Gasteiger partial charge in [-0.2, -0.15) is 0 Å². The van der Waals surface area contributed by atoms with Crippen LogP contribution in [0.3, 0.4) is 0 Å². The Kier molecular flexibility index (Phi) is 3.19. The largest absolute Gasteiger partial charge is 0.336 e. The van der Waals surface area contributed by atoms with Gasteiger partial charge < -0.3 is 4.57 Å². The summed E-state index contributed by atoms with van der Waals surface area (Å²) >= 11 is 0. The van der Waals surface area contributed by atoms with Gasteiger partial charge in [0.2, 0.25) is 0 Å². The molecule has 0 fully saturated rings. The van der Waals surface area contributed by atoms with Crippen LogP contribution in [0.4, 0.5) is 0 Å². The van der Waals surface area contributed by atoms with Gasteiger partial charge in [-0.3, -0.25) is 0 Å². The molecule has 2 aromatic carbocycles. The van der Waals surface area contributed by atoms with E-state index >= 15 is 0 Å². The average Bonchev–Trinajstić information content (AvgIpc) is 2.73. The summed E-state index contributed by atoms with van der Waals surface area (Å²) < 4.78 is 2.38. The Balaban J connectivity index is 2.34. The number of rotatable bonds is 3. The number of aromatic nitrogens is 1. The van der Waals surface area contributed by atoms with Gasteiger partial charge in [0, 0.05) is 17.4 Å². The maximum absolute atomic E-state index is 4.08. The second kappa shape index (κ2) is 5.01. The summed E-state index contributed by atoms with van der Waals surface area (Å²) in [7, 11) is 0. The van der Waals surface area contributed by atoms with E-state index in [9.17, 15) is 0 Å². The first-order valence-corrected chi connectivity index (χ1v) is 6.96. The second-order valence-corrected chi connectivity index (χ2v) is 5.40. The van der Waals surface area contributed by atoms with Crippen molar-refractivity contribution in [2.75, 3.05) is 0 Å². The molecule has 1 aromatic heterocycles. The van der Waals surface area contributed by atoms with Crippen LogP contribution in [0.2, 0.25) is 0 Å². The fourth-order valence-electron chi connectivity index (χ4n) is 2.88. The van der Waals surface area contributed by atoms with E-state index in [1.165, 1.54) is 33.3 Å². The summed E-state index contributed by atoms with van der Waals surface area (Å²) in [5.74, 6) is 0. The van der Waals surface area contributed by atoms with E-state index in [0.29, 0.717) is 0 Å². The molecule has 1 heterocycles. The number of hydrogen-bond donors (Lipinski definition) is 0. The molecule has 100 valence electrons. The quantitative estimate of drug-likeness (QED) is 0.571. The molecular formula is C19H19N. The van der Waals surface area contributed by atoms with Crippen molar-refractivity contribution in [1.29, 1.82) is 0 Å². The van der Waals surface area contributed by atoms with Crippen LogP contribution < -0.4 is 0 Å². The van der Waals surface area contributed by atoms with Crippen LogP contribution in [0.1, 0.15) is 12.5 Å². The normalized spacial score (nSPS) is 10.9. The van der Waals surface area contributed by atoms with E-state index in [2.05, 4.69) is 79.6 Å². The van der Waals surface area contributed by atoms with Crippen molar-refractivity contribution < 1.29 is 0 Å². The zero-order valence-corrected chi connectivity index (χ0v) is 12.1. The first-order valence-electron chi connectivity index (χ1n) is 6.96. The SMILES string of the molecule is C=C(C)Cn1c(-c2ccccc2)c(C)c2ccccc21. The third kappa shape index (κ3) is 2.05. The number of benzene rings is 2. The molecule has 3 rings (SSSR count). The molecule has 20 heavy (non-hydrogen) atoms. The Hall–Kier alpha value is -2.28. The van der Waals surface area contributed by atoms with Gasteiger partial charge in [0.1, 0.15) is 0 Å². The summed E-state index contributed by atoms with van der Waals surface area (Å²) in [5, 5.41) is 1.33. The standard InChI is InChI=1S/C19H19N/c1-14(2)13-20-18-12-8-7-11-17(18)15(3)19(20)16-9-5-4-6-10-16/h4-12H,1,13H2,2-3H3. The summed E-state index contributed by atoms with van der Waals surface area (Å²) in [4.78, 5) is 0. The number of aryl methyl sites for hydroxylation is 1. The molecule has 0 saturated heterocycles. The van der Waals surface area contributed by atoms with E-state index < -0.39 is 0 Å². The number of allylic oxidation sites excluding steroid dienone is 1. The Morgan fingerprint density at radius 3 is 2.35 bits per heavy atom. The van der Waals surface area contributed by atoms with Crippen molar-refractivity contribution >= 4 is 10.9 Å². The molecule has 0 unspecified atom stereocenters. The summed E-state index contributed by atoms with van der Waals surface area (Å²) in [6.07, 6.45) is 0. The average molecular weight is 261 g/mol. The minimum atomic E-state index is 0.860. The number of para-hydroxylation sites is 1. The fraction of sp³-hybridized carbons (Fsp3) is 0.158. The van der Waals surface area contributed by atoms with Crippen molar-refractivity contribution in [2.24, 2.45) is 0 Å². The molecular weight excluding hydrogens is 242 g/mol. The zero-order valence-electron chi connectivity index (χ0n) is 12.1. The Bertz CT molecular complexity index is 763. The molecule has 0 aliphatic carbocycles. The lowest BCUT2D eigenvalue weighted by atomic mass is 10.1. The van der Waals surface area contributed by atoms with Crippen LogP contribution in [-0.4, -0.2) is 4.57 Å². The molecule has 3 aromatic rings. The van der Waals surface area contributed by atoms with Crippen molar-refractivity contribution in [2.45, 2.75) is 20.4 Å². The molecule has 0 atom stereocenters. The van der Waals surface area contributed by atoms with Crippen molar-refractivity contribution in [3.63, 3.8) is 0 Å². The lowest BCUT2D eigenvalue weighted by Crippen LogP contribution is -2.01. The van der Waals surface area contributed by atoms with Crippen LogP contribution >= 0.6 is 0 Å². The van der Waals surface area contributed by atoms with Gasteiger partial charge in [-0.05, 0) is 31.0 Å². The monoisotopic (exact) mass is 261 g/mol. The molecule has 0 N–H and O–H groups in total. The fourth-order valence-corrected chi connectivity index (χ4v) is 2.88. The van der Waals surface area contributed by atoms with Crippen LogP contribution in [0.15, 0.2) is 66.7 Å². The predicted octanol–water partition coefficient (Wildman–Crippen LogP) is 5.19. The molecule has 0 aliphatic rings. The lowest BCUT2D eigenvalue weighted by molar-refractivity contribution is 0.828. The van der Waals surface area contributed by atoms with E-state index in [1.807, 2.05) is 0 Å². The molecule has 0 radical (unpaired) electrons. The zero-order chi connectivity index (χ0) is 14.1. The van der Waals surface area contributed by atoms with Crippen molar-refractivity contribution in [3.8, 4) is 11.3 Å². The summed E-state index contributed by atoms with van der Waals surface area (Å²) in [6, 6.07) is 19.2. The van der Waals surface area contributed by atoms with Crippen LogP contribution in [0, 0.1) is 6.92 Å². The molecule has 1 nitrogen and oxygen atoms in total. The minimum Gasteiger partial charge on any atom is -0.336 e. The Morgan fingerprint density at radius 2 is 1.65 bits per heavy atom. The first kappa shape index (κ1) is 12.7. The van der Waals surface area contributed by atoms with E-state index in [4.69, 9.17) is 0 Å². The van der Waals surface area contributed by atoms with Gasteiger partial charge in [0.25, 0.3) is 0 Å². The van der Waals surface area contributed by atoms with Crippen LogP contribution in [0.5, 0.6) is 0 Å². The highest BCUT2D eigenvalue weighted by molar-refractivity contribution is 5.91. The topological polar surface area (TPSA) is 4.93 Å². The van der Waals surface area contributed by atoms with Gasteiger partial charge >= 0.3 is 0 Å². The number of fused-ring (bicyclic) bond motifs is 1. The Labute approximate surface area is 120 Å². The summed E-state index contributed by atoms with van der Waals surface area (Å²) in [5.41, 5.74) is 6.36. The highest BCUT2D eigenvalue weighted by Crippen LogP contribution is 2.33. The first-order chi connectivity index (χ1) is 9.68.